The molecule has 1 amide bonds. The van der Waals surface area contributed by atoms with E-state index in [1.807, 2.05) is 37.3 Å². The molecule has 0 atom stereocenters. The van der Waals surface area contributed by atoms with Gasteiger partial charge in [0.15, 0.2) is 0 Å². The van der Waals surface area contributed by atoms with Gasteiger partial charge in [0.05, 0.1) is 0 Å². The monoisotopic (exact) mass is 280 g/mol. The number of hydrogen-bond acceptors (Lipinski definition) is 2. The lowest BCUT2D eigenvalue weighted by Crippen LogP contribution is -2.26. The number of rotatable bonds is 2. The van der Waals surface area contributed by atoms with Gasteiger partial charge in [-0.05, 0) is 55.8 Å². The first kappa shape index (κ1) is 13.8. The SMILES string of the molecule is Cc1cccc(C(=O)Nc2ccc3c(c2)CN(C)CC3)c1. The lowest BCUT2D eigenvalue weighted by molar-refractivity contribution is 0.102. The van der Waals surface area contributed by atoms with E-state index in [2.05, 4.69) is 29.4 Å². The Hall–Kier alpha value is -2.13. The molecule has 0 unspecified atom stereocenters. The van der Waals surface area contributed by atoms with E-state index in [1.54, 1.807) is 0 Å². The van der Waals surface area contributed by atoms with Crippen molar-refractivity contribution < 1.29 is 4.79 Å². The standard InChI is InChI=1S/C18H20N2O/c1-13-4-3-5-15(10-13)18(21)19-17-7-6-14-8-9-20(2)12-16(14)11-17/h3-7,10-11H,8-9,12H2,1-2H3,(H,19,21). The predicted octanol–water partition coefficient (Wildman–Crippen LogP) is 3.24. The van der Waals surface area contributed by atoms with Crippen molar-refractivity contribution in [3.8, 4) is 0 Å². The molecule has 2 aromatic rings. The van der Waals surface area contributed by atoms with Crippen LogP contribution in [0.25, 0.3) is 0 Å². The second-order valence-corrected chi connectivity index (χ2v) is 5.79. The van der Waals surface area contributed by atoms with Crippen molar-refractivity contribution in [2.24, 2.45) is 0 Å². The molecule has 0 spiro atoms. The molecule has 1 aliphatic rings. The minimum Gasteiger partial charge on any atom is -0.322 e. The van der Waals surface area contributed by atoms with E-state index in [1.165, 1.54) is 11.1 Å². The zero-order valence-corrected chi connectivity index (χ0v) is 12.5. The van der Waals surface area contributed by atoms with Gasteiger partial charge in [0, 0.05) is 24.3 Å². The van der Waals surface area contributed by atoms with Gasteiger partial charge in [0.1, 0.15) is 0 Å². The number of anilines is 1. The number of aryl methyl sites for hydroxylation is 1. The molecule has 0 aromatic heterocycles. The molecule has 3 nitrogen and oxygen atoms in total. The number of nitrogens with one attached hydrogen (secondary N) is 1. The van der Waals surface area contributed by atoms with Crippen LogP contribution in [0.4, 0.5) is 5.69 Å². The molecule has 0 fully saturated rings. The Kier molecular flexibility index (Phi) is 3.76. The Bertz CT molecular complexity index is 679. The molecule has 2 aromatic carbocycles. The van der Waals surface area contributed by atoms with E-state index < -0.39 is 0 Å². The van der Waals surface area contributed by atoms with Crippen LogP contribution in [0, 0.1) is 6.92 Å². The van der Waals surface area contributed by atoms with Gasteiger partial charge in [-0.15, -0.1) is 0 Å². The first-order valence-electron chi connectivity index (χ1n) is 7.30. The summed E-state index contributed by atoms with van der Waals surface area (Å²) < 4.78 is 0. The molecule has 3 rings (SSSR count). The predicted molar refractivity (Wildman–Crippen MR) is 85.6 cm³/mol. The summed E-state index contributed by atoms with van der Waals surface area (Å²) >= 11 is 0. The van der Waals surface area contributed by atoms with Gasteiger partial charge >= 0.3 is 0 Å². The lowest BCUT2D eigenvalue weighted by Gasteiger charge is -2.25. The Morgan fingerprint density at radius 1 is 1.14 bits per heavy atom. The van der Waals surface area contributed by atoms with Gasteiger partial charge in [0.25, 0.3) is 5.91 Å². The molecule has 1 heterocycles. The summed E-state index contributed by atoms with van der Waals surface area (Å²) in [5.41, 5.74) is 5.36. The van der Waals surface area contributed by atoms with Crippen LogP contribution in [0.2, 0.25) is 0 Å². The van der Waals surface area contributed by atoms with Crippen molar-refractivity contribution in [3.63, 3.8) is 0 Å². The summed E-state index contributed by atoms with van der Waals surface area (Å²) in [6.45, 7) is 4.04. The number of amides is 1. The summed E-state index contributed by atoms with van der Waals surface area (Å²) in [6, 6.07) is 13.9. The van der Waals surface area contributed by atoms with Gasteiger partial charge in [-0.25, -0.2) is 0 Å². The summed E-state index contributed by atoms with van der Waals surface area (Å²) in [6.07, 6.45) is 1.08. The summed E-state index contributed by atoms with van der Waals surface area (Å²) in [4.78, 5) is 14.6. The summed E-state index contributed by atoms with van der Waals surface area (Å²) in [5.74, 6) is -0.0529. The molecule has 108 valence electrons. The van der Waals surface area contributed by atoms with E-state index in [4.69, 9.17) is 0 Å². The highest BCUT2D eigenvalue weighted by Crippen LogP contribution is 2.22. The van der Waals surface area contributed by atoms with Crippen molar-refractivity contribution in [2.75, 3.05) is 18.9 Å². The second kappa shape index (κ2) is 5.70. The molecule has 0 bridgehead atoms. The maximum atomic E-state index is 12.3. The number of carbonyl (C=O) groups excluding carboxylic acids is 1. The zero-order chi connectivity index (χ0) is 14.8. The fourth-order valence-corrected chi connectivity index (χ4v) is 2.77. The Morgan fingerprint density at radius 3 is 2.81 bits per heavy atom. The minimum atomic E-state index is -0.0529. The topological polar surface area (TPSA) is 32.3 Å². The van der Waals surface area contributed by atoms with Crippen LogP contribution in [0.3, 0.4) is 0 Å². The van der Waals surface area contributed by atoms with E-state index in [-0.39, 0.29) is 5.91 Å². The molecule has 0 saturated heterocycles. The normalized spacial score (nSPS) is 14.6. The van der Waals surface area contributed by atoms with Gasteiger partial charge in [0.2, 0.25) is 0 Å². The van der Waals surface area contributed by atoms with Crippen LogP contribution < -0.4 is 5.32 Å². The first-order valence-corrected chi connectivity index (χ1v) is 7.30. The third-order valence-corrected chi connectivity index (χ3v) is 3.95. The number of benzene rings is 2. The van der Waals surface area contributed by atoms with Crippen LogP contribution in [-0.2, 0) is 13.0 Å². The summed E-state index contributed by atoms with van der Waals surface area (Å²) in [5, 5.41) is 2.99. The molecule has 0 aliphatic carbocycles. The Balaban J connectivity index is 1.79. The van der Waals surface area contributed by atoms with Crippen molar-refractivity contribution >= 4 is 11.6 Å². The molecular weight excluding hydrogens is 260 g/mol. The largest absolute Gasteiger partial charge is 0.322 e. The third-order valence-electron chi connectivity index (χ3n) is 3.95. The van der Waals surface area contributed by atoms with Crippen LogP contribution >= 0.6 is 0 Å². The maximum absolute atomic E-state index is 12.3. The number of hydrogen-bond donors (Lipinski definition) is 1. The van der Waals surface area contributed by atoms with Crippen molar-refractivity contribution in [3.05, 3.63) is 64.7 Å². The first-order chi connectivity index (χ1) is 10.1. The second-order valence-electron chi connectivity index (χ2n) is 5.79. The van der Waals surface area contributed by atoms with Gasteiger partial charge in [-0.3, -0.25) is 4.79 Å². The molecular formula is C18H20N2O. The van der Waals surface area contributed by atoms with Crippen LogP contribution in [-0.4, -0.2) is 24.4 Å². The zero-order valence-electron chi connectivity index (χ0n) is 12.5. The van der Waals surface area contributed by atoms with E-state index in [0.717, 1.165) is 30.8 Å². The Labute approximate surface area is 125 Å². The highest BCUT2D eigenvalue weighted by Gasteiger charge is 2.14. The Morgan fingerprint density at radius 2 is 2.00 bits per heavy atom. The highest BCUT2D eigenvalue weighted by molar-refractivity contribution is 6.04. The fraction of sp³-hybridized carbons (Fsp3) is 0.278. The maximum Gasteiger partial charge on any atom is 0.255 e. The molecule has 0 saturated carbocycles. The number of carbonyl (C=O) groups is 1. The third kappa shape index (κ3) is 3.14. The van der Waals surface area contributed by atoms with Crippen LogP contribution in [0.15, 0.2) is 42.5 Å². The molecule has 0 radical (unpaired) electrons. The van der Waals surface area contributed by atoms with Crippen LogP contribution in [0.1, 0.15) is 27.0 Å². The summed E-state index contributed by atoms with van der Waals surface area (Å²) in [7, 11) is 2.13. The van der Waals surface area contributed by atoms with E-state index in [9.17, 15) is 4.79 Å². The van der Waals surface area contributed by atoms with Crippen molar-refractivity contribution in [1.29, 1.82) is 0 Å². The van der Waals surface area contributed by atoms with E-state index >= 15 is 0 Å². The number of nitrogens with zero attached hydrogens (tertiary/aromatic N) is 1. The van der Waals surface area contributed by atoms with E-state index in [0.29, 0.717) is 5.56 Å². The average Bonchev–Trinajstić information content (AvgIpc) is 2.46. The van der Waals surface area contributed by atoms with Crippen LogP contribution in [0.5, 0.6) is 0 Å². The van der Waals surface area contributed by atoms with Crippen molar-refractivity contribution in [1.82, 2.24) is 4.90 Å². The fourth-order valence-electron chi connectivity index (χ4n) is 2.77. The van der Waals surface area contributed by atoms with Gasteiger partial charge in [-0.1, -0.05) is 23.8 Å². The molecule has 1 aliphatic heterocycles. The minimum absolute atomic E-state index is 0.0529. The number of likely N-dealkylation sites (N-methyl/N-ethyl adjacent to an activating group) is 1. The highest BCUT2D eigenvalue weighted by atomic mass is 16.1. The molecule has 3 heteroatoms. The molecule has 21 heavy (non-hydrogen) atoms. The van der Waals surface area contributed by atoms with Gasteiger partial charge < -0.3 is 10.2 Å². The average molecular weight is 280 g/mol. The number of fused-ring (bicyclic) bond motifs is 1. The van der Waals surface area contributed by atoms with Gasteiger partial charge in [-0.2, -0.15) is 0 Å². The smallest absolute Gasteiger partial charge is 0.255 e. The van der Waals surface area contributed by atoms with Crippen molar-refractivity contribution in [2.45, 2.75) is 19.9 Å². The lowest BCUT2D eigenvalue weighted by atomic mass is 9.99. The quantitative estimate of drug-likeness (QED) is 0.916. The molecule has 1 N–H and O–H groups in total.